The third kappa shape index (κ3) is 1.87. The standard InChI is InChI=1S/C14H12N2O/c17-14-15-9-12-7-6-11(8-13(12)16-14)10-4-2-1-3-5-10/h1-8H,9H2,(H2,15,16,17). The van der Waals surface area contributed by atoms with E-state index in [1.165, 1.54) is 0 Å². The van der Waals surface area contributed by atoms with Crippen LogP contribution >= 0.6 is 0 Å². The molecule has 2 N–H and O–H groups in total. The quantitative estimate of drug-likeness (QED) is 0.768. The number of hydrogen-bond acceptors (Lipinski definition) is 1. The van der Waals surface area contributed by atoms with Crippen LogP contribution in [0.2, 0.25) is 0 Å². The van der Waals surface area contributed by atoms with Crippen molar-refractivity contribution in [3.8, 4) is 11.1 Å². The lowest BCUT2D eigenvalue weighted by Gasteiger charge is -2.19. The van der Waals surface area contributed by atoms with Crippen molar-refractivity contribution in [2.45, 2.75) is 6.54 Å². The first-order valence-corrected chi connectivity index (χ1v) is 5.56. The van der Waals surface area contributed by atoms with E-state index in [2.05, 4.69) is 28.8 Å². The minimum Gasteiger partial charge on any atom is -0.334 e. The molecule has 2 amide bonds. The van der Waals surface area contributed by atoms with E-state index >= 15 is 0 Å². The van der Waals surface area contributed by atoms with Crippen molar-refractivity contribution in [3.63, 3.8) is 0 Å². The third-order valence-corrected chi connectivity index (χ3v) is 2.90. The number of benzene rings is 2. The Labute approximate surface area is 99.5 Å². The van der Waals surface area contributed by atoms with Gasteiger partial charge in [0.05, 0.1) is 0 Å². The molecule has 0 radical (unpaired) electrons. The third-order valence-electron chi connectivity index (χ3n) is 2.90. The number of nitrogens with one attached hydrogen (secondary N) is 2. The van der Waals surface area contributed by atoms with Gasteiger partial charge in [0.25, 0.3) is 0 Å². The molecule has 0 fully saturated rings. The summed E-state index contributed by atoms with van der Waals surface area (Å²) in [5, 5.41) is 5.57. The van der Waals surface area contributed by atoms with Crippen LogP contribution in [0.3, 0.4) is 0 Å². The Bertz CT molecular complexity index is 564. The first-order chi connectivity index (χ1) is 8.33. The van der Waals surface area contributed by atoms with Gasteiger partial charge in [0.15, 0.2) is 0 Å². The topological polar surface area (TPSA) is 41.1 Å². The molecule has 3 rings (SSSR count). The summed E-state index contributed by atoms with van der Waals surface area (Å²) in [7, 11) is 0. The van der Waals surface area contributed by atoms with Gasteiger partial charge in [-0.3, -0.25) is 0 Å². The number of rotatable bonds is 1. The second kappa shape index (κ2) is 3.94. The van der Waals surface area contributed by atoms with E-state index in [9.17, 15) is 4.79 Å². The largest absolute Gasteiger partial charge is 0.334 e. The number of carbonyl (C=O) groups excluding carboxylic acids is 1. The minimum absolute atomic E-state index is 0.136. The van der Waals surface area contributed by atoms with Crippen LogP contribution in [0.15, 0.2) is 48.5 Å². The molecule has 0 saturated carbocycles. The van der Waals surface area contributed by atoms with Crippen molar-refractivity contribution < 1.29 is 4.79 Å². The maximum atomic E-state index is 11.3. The van der Waals surface area contributed by atoms with Gasteiger partial charge in [0.1, 0.15) is 0 Å². The summed E-state index contributed by atoms with van der Waals surface area (Å²) >= 11 is 0. The minimum atomic E-state index is -0.136. The average Bonchev–Trinajstić information content (AvgIpc) is 2.39. The van der Waals surface area contributed by atoms with Crippen molar-refractivity contribution in [3.05, 3.63) is 54.1 Å². The summed E-state index contributed by atoms with van der Waals surface area (Å²) in [4.78, 5) is 11.3. The van der Waals surface area contributed by atoms with Gasteiger partial charge in [-0.1, -0.05) is 42.5 Å². The number of amides is 2. The number of fused-ring (bicyclic) bond motifs is 1. The molecule has 2 aromatic rings. The Kier molecular flexibility index (Phi) is 2.29. The molecule has 0 spiro atoms. The maximum absolute atomic E-state index is 11.3. The molecule has 1 aliphatic rings. The van der Waals surface area contributed by atoms with Crippen molar-refractivity contribution in [2.24, 2.45) is 0 Å². The molecule has 17 heavy (non-hydrogen) atoms. The molecule has 0 aliphatic carbocycles. The number of urea groups is 1. The average molecular weight is 224 g/mol. The zero-order chi connectivity index (χ0) is 11.7. The Morgan fingerprint density at radius 1 is 0.941 bits per heavy atom. The lowest BCUT2D eigenvalue weighted by atomic mass is 10.0. The van der Waals surface area contributed by atoms with Crippen LogP contribution < -0.4 is 10.6 Å². The van der Waals surface area contributed by atoms with Gasteiger partial charge < -0.3 is 10.6 Å². The summed E-state index contributed by atoms with van der Waals surface area (Å²) in [5.41, 5.74) is 4.29. The van der Waals surface area contributed by atoms with E-state index in [1.807, 2.05) is 30.3 Å². The molecule has 84 valence electrons. The van der Waals surface area contributed by atoms with Gasteiger partial charge in [-0.15, -0.1) is 0 Å². The molecule has 1 aliphatic heterocycles. The van der Waals surface area contributed by atoms with Gasteiger partial charge in [-0.05, 0) is 22.8 Å². The zero-order valence-electron chi connectivity index (χ0n) is 9.23. The van der Waals surface area contributed by atoms with Crippen molar-refractivity contribution in [1.29, 1.82) is 0 Å². The van der Waals surface area contributed by atoms with E-state index in [0.29, 0.717) is 6.54 Å². The molecular weight excluding hydrogens is 212 g/mol. The molecule has 3 nitrogen and oxygen atoms in total. The first kappa shape index (κ1) is 9.90. The highest BCUT2D eigenvalue weighted by atomic mass is 16.2. The van der Waals surface area contributed by atoms with Crippen LogP contribution in [0.4, 0.5) is 10.5 Å². The monoisotopic (exact) mass is 224 g/mol. The van der Waals surface area contributed by atoms with Crippen LogP contribution in [0.5, 0.6) is 0 Å². The van der Waals surface area contributed by atoms with Crippen molar-refractivity contribution in [1.82, 2.24) is 5.32 Å². The predicted molar refractivity (Wildman–Crippen MR) is 67.7 cm³/mol. The van der Waals surface area contributed by atoms with E-state index in [4.69, 9.17) is 0 Å². The fourth-order valence-corrected chi connectivity index (χ4v) is 2.00. The maximum Gasteiger partial charge on any atom is 0.319 e. The molecule has 0 aromatic heterocycles. The van der Waals surface area contributed by atoms with Crippen LogP contribution in [-0.4, -0.2) is 6.03 Å². The number of hydrogen-bond donors (Lipinski definition) is 2. The molecule has 3 heteroatoms. The Balaban J connectivity index is 2.04. The number of carbonyl (C=O) groups is 1. The van der Waals surface area contributed by atoms with Crippen LogP contribution in [0.25, 0.3) is 11.1 Å². The molecule has 0 atom stereocenters. The summed E-state index contributed by atoms with van der Waals surface area (Å²) in [6.45, 7) is 0.593. The highest BCUT2D eigenvalue weighted by molar-refractivity contribution is 5.93. The van der Waals surface area contributed by atoms with E-state index in [0.717, 1.165) is 22.4 Å². The molecule has 0 unspecified atom stereocenters. The fraction of sp³-hybridized carbons (Fsp3) is 0.0714. The SMILES string of the molecule is O=C1NCc2ccc(-c3ccccc3)cc2N1. The lowest BCUT2D eigenvalue weighted by Crippen LogP contribution is -2.33. The van der Waals surface area contributed by atoms with E-state index in [1.54, 1.807) is 0 Å². The van der Waals surface area contributed by atoms with Gasteiger partial charge in [-0.2, -0.15) is 0 Å². The Morgan fingerprint density at radius 2 is 1.76 bits per heavy atom. The Morgan fingerprint density at radius 3 is 2.59 bits per heavy atom. The van der Waals surface area contributed by atoms with Crippen LogP contribution in [-0.2, 0) is 6.54 Å². The first-order valence-electron chi connectivity index (χ1n) is 5.56. The van der Waals surface area contributed by atoms with Gasteiger partial charge in [0, 0.05) is 12.2 Å². The molecular formula is C14H12N2O. The smallest absolute Gasteiger partial charge is 0.319 e. The second-order valence-corrected chi connectivity index (χ2v) is 4.05. The number of anilines is 1. The van der Waals surface area contributed by atoms with Crippen molar-refractivity contribution >= 4 is 11.7 Å². The highest BCUT2D eigenvalue weighted by Crippen LogP contribution is 2.26. The fourth-order valence-electron chi connectivity index (χ4n) is 2.00. The second-order valence-electron chi connectivity index (χ2n) is 4.05. The Hall–Kier alpha value is -2.29. The highest BCUT2D eigenvalue weighted by Gasteiger charge is 2.13. The summed E-state index contributed by atoms with van der Waals surface area (Å²) in [5.74, 6) is 0. The van der Waals surface area contributed by atoms with Gasteiger partial charge in [-0.25, -0.2) is 4.79 Å². The van der Waals surface area contributed by atoms with Crippen LogP contribution in [0, 0.1) is 0 Å². The lowest BCUT2D eigenvalue weighted by molar-refractivity contribution is 0.251. The van der Waals surface area contributed by atoms with Gasteiger partial charge >= 0.3 is 6.03 Å². The molecule has 2 aromatic carbocycles. The molecule has 0 bridgehead atoms. The summed E-state index contributed by atoms with van der Waals surface area (Å²) in [6, 6.07) is 16.1. The molecule has 0 saturated heterocycles. The van der Waals surface area contributed by atoms with Crippen LogP contribution in [0.1, 0.15) is 5.56 Å². The zero-order valence-corrected chi connectivity index (χ0v) is 9.23. The van der Waals surface area contributed by atoms with Crippen molar-refractivity contribution in [2.75, 3.05) is 5.32 Å². The summed E-state index contributed by atoms with van der Waals surface area (Å²) < 4.78 is 0. The van der Waals surface area contributed by atoms with E-state index in [-0.39, 0.29) is 6.03 Å². The predicted octanol–water partition coefficient (Wildman–Crippen LogP) is 2.99. The normalized spacial score (nSPS) is 13.5. The molecule has 1 heterocycles. The van der Waals surface area contributed by atoms with Gasteiger partial charge in [0.2, 0.25) is 0 Å². The summed E-state index contributed by atoms with van der Waals surface area (Å²) in [6.07, 6.45) is 0. The van der Waals surface area contributed by atoms with E-state index < -0.39 is 0 Å².